The molecule has 0 atom stereocenters. The van der Waals surface area contributed by atoms with Crippen LogP contribution in [0.25, 0.3) is 0 Å². The Hall–Kier alpha value is -1.02. The monoisotopic (exact) mass is 164 g/mol. The van der Waals surface area contributed by atoms with Crippen molar-refractivity contribution in [2.45, 2.75) is 19.9 Å². The molecule has 0 aliphatic carbocycles. The van der Waals surface area contributed by atoms with Gasteiger partial charge in [-0.1, -0.05) is 13.0 Å². The van der Waals surface area contributed by atoms with Crippen molar-refractivity contribution >= 4 is 0 Å². The third-order valence-corrected chi connectivity index (χ3v) is 1.53. The number of ether oxygens (including phenoxy) is 1. The van der Waals surface area contributed by atoms with Gasteiger partial charge < -0.3 is 10.5 Å². The van der Waals surface area contributed by atoms with Crippen molar-refractivity contribution in [3.63, 3.8) is 0 Å². The van der Waals surface area contributed by atoms with E-state index in [1.165, 1.54) is 0 Å². The lowest BCUT2D eigenvalue weighted by Gasteiger charge is -2.04. The van der Waals surface area contributed by atoms with Crippen LogP contribution in [0.3, 0.4) is 0 Å². The predicted octanol–water partition coefficient (Wildman–Crippen LogP) is 1.73. The molecule has 1 aromatic rings. The first-order chi connectivity index (χ1) is 5.86. The summed E-state index contributed by atoms with van der Waals surface area (Å²) in [5.41, 5.74) is 6.45. The minimum Gasteiger partial charge on any atom is -0.494 e. The molecule has 0 aliphatic rings. The fourth-order valence-electron chi connectivity index (χ4n) is 0.920. The molecule has 0 saturated carbocycles. The second kappa shape index (κ2) is 4.78. The average Bonchev–Trinajstić information content (AvgIpc) is 2.15. The maximum Gasteiger partial charge on any atom is 0.119 e. The van der Waals surface area contributed by atoms with Crippen LogP contribution in [0.15, 0.2) is 18.2 Å². The highest BCUT2D eigenvalue weighted by atomic mass is 16.5. The molecule has 1 aromatic carbocycles. The molecule has 2 nitrogen and oxygen atoms in total. The second-order valence-electron chi connectivity index (χ2n) is 2.60. The third kappa shape index (κ3) is 2.55. The highest BCUT2D eigenvalue weighted by molar-refractivity contribution is 5.27. The van der Waals surface area contributed by atoms with Crippen LogP contribution in [0.2, 0.25) is 0 Å². The van der Waals surface area contributed by atoms with Crippen LogP contribution in [0.1, 0.15) is 18.9 Å². The molecular formula is C10H14NO. The summed E-state index contributed by atoms with van der Waals surface area (Å²) in [5, 5.41) is 0. The highest BCUT2D eigenvalue weighted by Crippen LogP contribution is 2.12. The summed E-state index contributed by atoms with van der Waals surface area (Å²) in [6, 6.07) is 8.69. The van der Waals surface area contributed by atoms with Crippen molar-refractivity contribution in [1.29, 1.82) is 0 Å². The van der Waals surface area contributed by atoms with Crippen molar-refractivity contribution in [2.24, 2.45) is 5.73 Å². The molecule has 0 amide bonds. The average molecular weight is 164 g/mol. The van der Waals surface area contributed by atoms with Crippen molar-refractivity contribution in [3.05, 3.63) is 29.8 Å². The molecule has 12 heavy (non-hydrogen) atoms. The van der Waals surface area contributed by atoms with Crippen LogP contribution in [-0.2, 0) is 6.54 Å². The Balaban J connectivity index is 2.60. The number of hydrogen-bond donors (Lipinski definition) is 1. The van der Waals surface area contributed by atoms with E-state index in [9.17, 15) is 0 Å². The van der Waals surface area contributed by atoms with E-state index in [4.69, 9.17) is 10.5 Å². The molecule has 0 aromatic heterocycles. The summed E-state index contributed by atoms with van der Waals surface area (Å²) in [4.78, 5) is 0. The van der Waals surface area contributed by atoms with Gasteiger partial charge in [0.2, 0.25) is 0 Å². The Morgan fingerprint density at radius 3 is 3.08 bits per heavy atom. The third-order valence-electron chi connectivity index (χ3n) is 1.53. The summed E-state index contributed by atoms with van der Waals surface area (Å²) >= 11 is 0. The van der Waals surface area contributed by atoms with E-state index in [0.717, 1.165) is 24.3 Å². The largest absolute Gasteiger partial charge is 0.494 e. The van der Waals surface area contributed by atoms with Crippen LogP contribution < -0.4 is 10.5 Å². The van der Waals surface area contributed by atoms with Gasteiger partial charge in [-0.2, -0.15) is 0 Å². The standard InChI is InChI=1S/C10H14NO/c1-2-6-12-10-5-3-4-9(7-10)8-11/h3,5,7H,2,6,8,11H2,1H3. The first-order valence-electron chi connectivity index (χ1n) is 4.20. The van der Waals surface area contributed by atoms with E-state index >= 15 is 0 Å². The fourth-order valence-corrected chi connectivity index (χ4v) is 0.920. The zero-order valence-electron chi connectivity index (χ0n) is 7.34. The second-order valence-corrected chi connectivity index (χ2v) is 2.60. The van der Waals surface area contributed by atoms with Gasteiger partial charge in [0.15, 0.2) is 0 Å². The van der Waals surface area contributed by atoms with Gasteiger partial charge in [-0.05, 0) is 30.2 Å². The molecule has 65 valence electrons. The Bertz CT molecular complexity index is 235. The zero-order chi connectivity index (χ0) is 8.81. The van der Waals surface area contributed by atoms with Crippen molar-refractivity contribution in [3.8, 4) is 5.75 Å². The van der Waals surface area contributed by atoms with Gasteiger partial charge in [0, 0.05) is 6.54 Å². The van der Waals surface area contributed by atoms with Gasteiger partial charge in [-0.25, -0.2) is 0 Å². The Labute approximate surface area is 73.3 Å². The van der Waals surface area contributed by atoms with Gasteiger partial charge in [0.25, 0.3) is 0 Å². The lowest BCUT2D eigenvalue weighted by atomic mass is 10.2. The number of rotatable bonds is 4. The van der Waals surface area contributed by atoms with Crippen molar-refractivity contribution in [2.75, 3.05) is 6.61 Å². The molecule has 0 saturated heterocycles. The van der Waals surface area contributed by atoms with Crippen LogP contribution >= 0.6 is 0 Å². The number of nitrogens with two attached hydrogens (primary N) is 1. The molecule has 1 radical (unpaired) electrons. The van der Waals surface area contributed by atoms with Crippen LogP contribution in [-0.4, -0.2) is 6.61 Å². The van der Waals surface area contributed by atoms with Gasteiger partial charge in [0.1, 0.15) is 5.75 Å². The maximum atomic E-state index is 5.46. The molecule has 2 heteroatoms. The van der Waals surface area contributed by atoms with Crippen LogP contribution in [0.5, 0.6) is 5.75 Å². The molecule has 0 bridgehead atoms. The van der Waals surface area contributed by atoms with E-state index in [-0.39, 0.29) is 0 Å². The Morgan fingerprint density at radius 2 is 2.42 bits per heavy atom. The Kier molecular flexibility index (Phi) is 3.61. The van der Waals surface area contributed by atoms with Gasteiger partial charge in [0.05, 0.1) is 6.61 Å². The summed E-state index contributed by atoms with van der Waals surface area (Å²) in [7, 11) is 0. The van der Waals surface area contributed by atoms with E-state index in [1.54, 1.807) is 0 Å². The summed E-state index contributed by atoms with van der Waals surface area (Å²) in [6.07, 6.45) is 1.02. The fraction of sp³-hybridized carbons (Fsp3) is 0.400. The lowest BCUT2D eigenvalue weighted by Crippen LogP contribution is -1.99. The van der Waals surface area contributed by atoms with Gasteiger partial charge in [-0.15, -0.1) is 0 Å². The first kappa shape index (κ1) is 9.07. The zero-order valence-corrected chi connectivity index (χ0v) is 7.34. The smallest absolute Gasteiger partial charge is 0.119 e. The van der Waals surface area contributed by atoms with Crippen LogP contribution in [0, 0.1) is 6.07 Å². The minimum absolute atomic E-state index is 0.517. The molecular weight excluding hydrogens is 150 g/mol. The molecule has 0 aliphatic heterocycles. The van der Waals surface area contributed by atoms with Gasteiger partial charge in [-0.3, -0.25) is 0 Å². The number of hydrogen-bond acceptors (Lipinski definition) is 2. The topological polar surface area (TPSA) is 35.2 Å². The summed E-state index contributed by atoms with van der Waals surface area (Å²) < 4.78 is 5.42. The van der Waals surface area contributed by atoms with Crippen LogP contribution in [0.4, 0.5) is 0 Å². The van der Waals surface area contributed by atoms with E-state index in [2.05, 4.69) is 13.0 Å². The molecule has 0 fully saturated rings. The van der Waals surface area contributed by atoms with E-state index in [0.29, 0.717) is 6.54 Å². The first-order valence-corrected chi connectivity index (χ1v) is 4.20. The summed E-state index contributed by atoms with van der Waals surface area (Å²) in [6.45, 7) is 3.36. The maximum absolute atomic E-state index is 5.46. The molecule has 0 unspecified atom stereocenters. The molecule has 2 N–H and O–H groups in total. The predicted molar refractivity (Wildman–Crippen MR) is 49.0 cm³/mol. The molecule has 0 spiro atoms. The van der Waals surface area contributed by atoms with Crippen molar-refractivity contribution in [1.82, 2.24) is 0 Å². The molecule has 1 rings (SSSR count). The van der Waals surface area contributed by atoms with E-state index < -0.39 is 0 Å². The summed E-state index contributed by atoms with van der Waals surface area (Å²) in [5.74, 6) is 0.885. The Morgan fingerprint density at radius 1 is 1.58 bits per heavy atom. The van der Waals surface area contributed by atoms with Gasteiger partial charge >= 0.3 is 0 Å². The van der Waals surface area contributed by atoms with E-state index in [1.807, 2.05) is 18.2 Å². The minimum atomic E-state index is 0.517. The quantitative estimate of drug-likeness (QED) is 0.735. The molecule has 0 heterocycles. The lowest BCUT2D eigenvalue weighted by molar-refractivity contribution is 0.317. The normalized spacial score (nSPS) is 9.83. The highest BCUT2D eigenvalue weighted by Gasteiger charge is 1.93. The SMILES string of the molecule is CCCOc1cc[c]c(CN)c1. The van der Waals surface area contributed by atoms with Crippen molar-refractivity contribution < 1.29 is 4.74 Å². The number of benzene rings is 1.